The smallest absolute Gasteiger partial charge is 0.251 e. The number of carbonyl (C=O) groups excluding carboxylic acids is 1. The minimum Gasteiger partial charge on any atom is -0.370 e. The molecule has 1 fully saturated rings. The maximum Gasteiger partial charge on any atom is 0.251 e. The number of nitrogens with one attached hydrogen (secondary N) is 2. The van der Waals surface area contributed by atoms with Crippen molar-refractivity contribution in [1.29, 1.82) is 0 Å². The van der Waals surface area contributed by atoms with E-state index in [1.165, 1.54) is 10.5 Å². The van der Waals surface area contributed by atoms with E-state index in [1.807, 2.05) is 42.5 Å². The van der Waals surface area contributed by atoms with Gasteiger partial charge >= 0.3 is 0 Å². The van der Waals surface area contributed by atoms with Crippen LogP contribution in [0.2, 0.25) is 0 Å². The number of ether oxygens (including phenoxy) is 1. The summed E-state index contributed by atoms with van der Waals surface area (Å²) in [7, 11) is 0. The topological polar surface area (TPSA) is 42.8 Å². The zero-order valence-electron chi connectivity index (χ0n) is 15.7. The molecule has 138 valence electrons. The van der Waals surface area contributed by atoms with Gasteiger partial charge in [0.05, 0.1) is 13.2 Å². The lowest BCUT2D eigenvalue weighted by molar-refractivity contribution is -0.909. The largest absolute Gasteiger partial charge is 0.370 e. The molecule has 0 spiro atoms. The van der Waals surface area contributed by atoms with E-state index in [0.29, 0.717) is 11.5 Å². The highest BCUT2D eigenvalue weighted by Crippen LogP contribution is 2.16. The van der Waals surface area contributed by atoms with E-state index in [1.54, 1.807) is 0 Å². The molecule has 3 rings (SSSR count). The summed E-state index contributed by atoms with van der Waals surface area (Å²) >= 11 is 0. The number of rotatable bonds is 6. The van der Waals surface area contributed by atoms with Crippen LogP contribution in [0.25, 0.3) is 0 Å². The van der Waals surface area contributed by atoms with Crippen LogP contribution in [0, 0.1) is 0 Å². The van der Waals surface area contributed by atoms with Crippen LogP contribution >= 0.6 is 0 Å². The molecule has 1 saturated heterocycles. The van der Waals surface area contributed by atoms with Gasteiger partial charge < -0.3 is 15.0 Å². The van der Waals surface area contributed by atoms with Crippen molar-refractivity contribution in [1.82, 2.24) is 5.32 Å². The highest BCUT2D eigenvalue weighted by Gasteiger charge is 2.23. The Hall–Kier alpha value is -2.17. The Kier molecular flexibility index (Phi) is 6.42. The summed E-state index contributed by atoms with van der Waals surface area (Å²) in [5.41, 5.74) is 3.12. The van der Waals surface area contributed by atoms with Crippen molar-refractivity contribution in [2.75, 3.05) is 32.8 Å². The van der Waals surface area contributed by atoms with Gasteiger partial charge in [-0.3, -0.25) is 4.79 Å². The van der Waals surface area contributed by atoms with Crippen LogP contribution in [0.1, 0.15) is 47.3 Å². The molecule has 0 saturated carbocycles. The van der Waals surface area contributed by atoms with Crippen LogP contribution in [-0.2, 0) is 4.74 Å². The summed E-state index contributed by atoms with van der Waals surface area (Å²) in [6.45, 7) is 8.76. The molecule has 1 heterocycles. The second-order valence-corrected chi connectivity index (χ2v) is 7.28. The molecule has 26 heavy (non-hydrogen) atoms. The van der Waals surface area contributed by atoms with E-state index >= 15 is 0 Å². The number of benzene rings is 2. The maximum absolute atomic E-state index is 12.8. The molecule has 1 aliphatic rings. The second-order valence-electron chi connectivity index (χ2n) is 7.28. The van der Waals surface area contributed by atoms with E-state index in [-0.39, 0.29) is 11.9 Å². The quantitative estimate of drug-likeness (QED) is 0.836. The molecule has 4 nitrogen and oxygen atoms in total. The Morgan fingerprint density at radius 1 is 1.00 bits per heavy atom. The molecule has 0 unspecified atom stereocenters. The van der Waals surface area contributed by atoms with E-state index in [2.05, 4.69) is 31.3 Å². The number of hydrogen-bond donors (Lipinski definition) is 2. The highest BCUT2D eigenvalue weighted by atomic mass is 16.5. The standard InChI is InChI=1S/C22H28N2O2/c1-17(2)18-8-10-20(11-9-18)22(25)23-21(19-6-4-3-5-7-19)16-24-12-14-26-15-13-24/h3-11,17,21H,12-16H2,1-2H3,(H,23,25)/p+1/t21-/m0/s1. The molecule has 1 aliphatic heterocycles. The Bertz CT molecular complexity index is 692. The van der Waals surface area contributed by atoms with Crippen molar-refractivity contribution in [2.45, 2.75) is 25.8 Å². The SMILES string of the molecule is CC(C)c1ccc(C(=O)N[C@@H](C[NH+]2CCOCC2)c2ccccc2)cc1. The van der Waals surface area contributed by atoms with Gasteiger partial charge in [0.1, 0.15) is 25.7 Å². The highest BCUT2D eigenvalue weighted by molar-refractivity contribution is 5.94. The van der Waals surface area contributed by atoms with Crippen molar-refractivity contribution >= 4 is 5.91 Å². The third kappa shape index (κ3) is 4.93. The third-order valence-electron chi connectivity index (χ3n) is 5.04. The van der Waals surface area contributed by atoms with Gasteiger partial charge in [0.25, 0.3) is 5.91 Å². The first-order chi connectivity index (χ1) is 12.6. The zero-order valence-corrected chi connectivity index (χ0v) is 15.7. The molecule has 1 atom stereocenters. The molecular weight excluding hydrogens is 324 g/mol. The van der Waals surface area contributed by atoms with Crippen molar-refractivity contribution in [3.63, 3.8) is 0 Å². The Labute approximate surface area is 156 Å². The Balaban J connectivity index is 1.72. The number of carbonyl (C=O) groups is 1. The van der Waals surface area contributed by atoms with Crippen molar-refractivity contribution in [2.24, 2.45) is 0 Å². The molecule has 0 bridgehead atoms. The second kappa shape index (κ2) is 8.97. The van der Waals surface area contributed by atoms with E-state index in [4.69, 9.17) is 4.74 Å². The molecule has 4 heteroatoms. The minimum atomic E-state index is -0.0122. The Morgan fingerprint density at radius 3 is 2.27 bits per heavy atom. The van der Waals surface area contributed by atoms with E-state index in [0.717, 1.165) is 38.4 Å². The lowest BCUT2D eigenvalue weighted by Gasteiger charge is -2.28. The number of hydrogen-bond acceptors (Lipinski definition) is 2. The monoisotopic (exact) mass is 353 g/mol. The van der Waals surface area contributed by atoms with Crippen LogP contribution in [0.5, 0.6) is 0 Å². The van der Waals surface area contributed by atoms with Gasteiger partial charge in [-0.25, -0.2) is 0 Å². The normalized spacial score (nSPS) is 16.4. The summed E-state index contributed by atoms with van der Waals surface area (Å²) in [5, 5.41) is 3.24. The van der Waals surface area contributed by atoms with Crippen LogP contribution in [0.15, 0.2) is 54.6 Å². The summed E-state index contributed by atoms with van der Waals surface area (Å²) in [6.07, 6.45) is 0. The first kappa shape index (κ1) is 18.6. The average molecular weight is 353 g/mol. The van der Waals surface area contributed by atoms with Crippen molar-refractivity contribution < 1.29 is 14.4 Å². The Morgan fingerprint density at radius 2 is 1.65 bits per heavy atom. The van der Waals surface area contributed by atoms with Gasteiger partial charge in [0, 0.05) is 5.56 Å². The van der Waals surface area contributed by atoms with E-state index < -0.39 is 0 Å². The van der Waals surface area contributed by atoms with Gasteiger partial charge in [0.2, 0.25) is 0 Å². The van der Waals surface area contributed by atoms with Gasteiger partial charge in [-0.15, -0.1) is 0 Å². The van der Waals surface area contributed by atoms with Crippen LogP contribution < -0.4 is 10.2 Å². The fourth-order valence-corrected chi connectivity index (χ4v) is 3.35. The predicted molar refractivity (Wildman–Crippen MR) is 104 cm³/mol. The molecule has 2 aromatic carbocycles. The fraction of sp³-hybridized carbons (Fsp3) is 0.409. The summed E-state index contributed by atoms with van der Waals surface area (Å²) in [6, 6.07) is 18.2. The van der Waals surface area contributed by atoms with Gasteiger partial charge in [-0.2, -0.15) is 0 Å². The lowest BCUT2D eigenvalue weighted by atomic mass is 10.0. The molecular formula is C22H29N2O2+. The molecule has 0 aliphatic carbocycles. The minimum absolute atomic E-state index is 0.00146. The molecule has 0 radical (unpaired) electrons. The molecule has 1 amide bonds. The molecule has 0 aromatic heterocycles. The first-order valence-electron chi connectivity index (χ1n) is 9.50. The number of morpholine rings is 1. The van der Waals surface area contributed by atoms with E-state index in [9.17, 15) is 4.79 Å². The van der Waals surface area contributed by atoms with Gasteiger partial charge in [0.15, 0.2) is 0 Å². The van der Waals surface area contributed by atoms with Gasteiger partial charge in [-0.05, 0) is 29.2 Å². The van der Waals surface area contributed by atoms with Gasteiger partial charge in [-0.1, -0.05) is 56.3 Å². The first-order valence-corrected chi connectivity index (χ1v) is 9.50. The summed E-state index contributed by atoms with van der Waals surface area (Å²) in [5.74, 6) is 0.455. The van der Waals surface area contributed by atoms with Crippen LogP contribution in [0.3, 0.4) is 0 Å². The van der Waals surface area contributed by atoms with Crippen molar-refractivity contribution in [3.8, 4) is 0 Å². The third-order valence-corrected chi connectivity index (χ3v) is 5.04. The summed E-state index contributed by atoms with van der Waals surface area (Å²) < 4.78 is 5.46. The van der Waals surface area contributed by atoms with Crippen LogP contribution in [-0.4, -0.2) is 38.8 Å². The zero-order chi connectivity index (χ0) is 18.4. The average Bonchev–Trinajstić information content (AvgIpc) is 2.69. The molecule has 2 aromatic rings. The van der Waals surface area contributed by atoms with Crippen LogP contribution in [0.4, 0.5) is 0 Å². The van der Waals surface area contributed by atoms with Crippen molar-refractivity contribution in [3.05, 3.63) is 71.3 Å². The summed E-state index contributed by atoms with van der Waals surface area (Å²) in [4.78, 5) is 14.3. The maximum atomic E-state index is 12.8. The number of quaternary nitrogens is 1. The predicted octanol–water partition coefficient (Wildman–Crippen LogP) is 2.20. The lowest BCUT2D eigenvalue weighted by Crippen LogP contribution is -3.14. The molecule has 2 N–H and O–H groups in total. The number of amides is 1. The fourth-order valence-electron chi connectivity index (χ4n) is 3.35.